The molecule has 0 fully saturated rings. The van der Waals surface area contributed by atoms with Crippen LogP contribution in [0.15, 0.2) is 18.2 Å². The molecule has 0 unspecified atom stereocenters. The van der Waals surface area contributed by atoms with Gasteiger partial charge >= 0.3 is 0 Å². The van der Waals surface area contributed by atoms with Gasteiger partial charge in [0.1, 0.15) is 0 Å². The van der Waals surface area contributed by atoms with Gasteiger partial charge in [-0.2, -0.15) is 0 Å². The van der Waals surface area contributed by atoms with Crippen molar-refractivity contribution < 1.29 is 22.3 Å². The van der Waals surface area contributed by atoms with E-state index in [0.29, 0.717) is 0 Å². The first kappa shape index (κ1) is 15.4. The summed E-state index contributed by atoms with van der Waals surface area (Å²) < 4.78 is 41.8. The predicted molar refractivity (Wildman–Crippen MR) is 69.0 cm³/mol. The van der Waals surface area contributed by atoms with Crippen LogP contribution in [0.1, 0.15) is 6.42 Å². The van der Waals surface area contributed by atoms with Gasteiger partial charge in [-0.1, -0.05) is 0 Å². The van der Waals surface area contributed by atoms with E-state index in [1.54, 1.807) is 0 Å². The lowest BCUT2D eigenvalue weighted by molar-refractivity contribution is -0.116. The fourth-order valence-electron chi connectivity index (χ4n) is 1.32. The molecule has 1 amide bonds. The third kappa shape index (κ3) is 5.66. The maximum Gasteiger partial charge on any atom is 0.225 e. The second-order valence-corrected chi connectivity index (χ2v) is 5.65. The van der Waals surface area contributed by atoms with Crippen molar-refractivity contribution in [1.82, 2.24) is 4.72 Å². The van der Waals surface area contributed by atoms with Crippen LogP contribution in [0.5, 0.6) is 5.75 Å². The van der Waals surface area contributed by atoms with Gasteiger partial charge in [0.2, 0.25) is 15.9 Å². The highest BCUT2D eigenvalue weighted by atomic mass is 32.2. The molecular weight excluding hydrogens is 275 g/mol. The van der Waals surface area contributed by atoms with E-state index in [4.69, 9.17) is 4.74 Å². The monoisotopic (exact) mass is 290 g/mol. The molecule has 0 aliphatic heterocycles. The van der Waals surface area contributed by atoms with E-state index in [0.717, 1.165) is 12.3 Å². The van der Waals surface area contributed by atoms with E-state index < -0.39 is 21.7 Å². The summed E-state index contributed by atoms with van der Waals surface area (Å²) in [6.07, 6.45) is 0.963. The van der Waals surface area contributed by atoms with Gasteiger partial charge in [0.25, 0.3) is 0 Å². The zero-order chi connectivity index (χ0) is 14.5. The zero-order valence-corrected chi connectivity index (χ0v) is 11.4. The molecule has 8 heteroatoms. The molecule has 0 aliphatic carbocycles. The lowest BCUT2D eigenvalue weighted by Crippen LogP contribution is -2.26. The molecule has 0 aromatic heterocycles. The molecule has 0 spiro atoms. The van der Waals surface area contributed by atoms with Crippen molar-refractivity contribution in [2.75, 3.05) is 25.2 Å². The normalized spacial score (nSPS) is 11.1. The Morgan fingerprint density at radius 3 is 2.63 bits per heavy atom. The number of carbonyl (C=O) groups is 1. The topological polar surface area (TPSA) is 84.5 Å². The van der Waals surface area contributed by atoms with E-state index >= 15 is 0 Å². The Bertz CT molecular complexity index is 560. The highest BCUT2D eigenvalue weighted by Gasteiger charge is 2.07. The Labute approximate surface area is 111 Å². The fourth-order valence-corrected chi connectivity index (χ4v) is 1.79. The van der Waals surface area contributed by atoms with Crippen LogP contribution in [0.2, 0.25) is 0 Å². The van der Waals surface area contributed by atoms with Crippen molar-refractivity contribution in [2.45, 2.75) is 6.42 Å². The number of anilines is 1. The molecule has 2 N–H and O–H groups in total. The Hall–Kier alpha value is -1.67. The number of carbonyl (C=O) groups excluding carboxylic acids is 1. The number of sulfonamides is 1. The van der Waals surface area contributed by atoms with Gasteiger partial charge in [0.15, 0.2) is 11.6 Å². The number of rotatable bonds is 6. The van der Waals surface area contributed by atoms with Crippen molar-refractivity contribution >= 4 is 21.6 Å². The molecular formula is C11H15FN2O4S. The maximum atomic E-state index is 13.3. The van der Waals surface area contributed by atoms with Crippen LogP contribution in [0.25, 0.3) is 0 Å². The maximum absolute atomic E-state index is 13.3. The lowest BCUT2D eigenvalue weighted by atomic mass is 10.2. The van der Waals surface area contributed by atoms with Crippen LogP contribution in [0, 0.1) is 5.82 Å². The first-order valence-electron chi connectivity index (χ1n) is 5.40. The summed E-state index contributed by atoms with van der Waals surface area (Å²) in [5, 5.41) is 2.45. The number of nitrogens with one attached hydrogen (secondary N) is 2. The highest BCUT2D eigenvalue weighted by molar-refractivity contribution is 7.88. The second kappa shape index (κ2) is 6.48. The van der Waals surface area contributed by atoms with Gasteiger partial charge < -0.3 is 10.1 Å². The number of methoxy groups -OCH3 is 1. The Kier molecular flexibility index (Phi) is 5.25. The van der Waals surface area contributed by atoms with Crippen LogP contribution < -0.4 is 14.8 Å². The second-order valence-electron chi connectivity index (χ2n) is 3.81. The molecule has 1 aromatic rings. The first-order chi connectivity index (χ1) is 8.81. The number of benzene rings is 1. The van der Waals surface area contributed by atoms with E-state index in [2.05, 4.69) is 10.0 Å². The molecule has 0 saturated heterocycles. The number of halogens is 1. The minimum absolute atomic E-state index is 0.0106. The van der Waals surface area contributed by atoms with Crippen molar-refractivity contribution in [3.63, 3.8) is 0 Å². The smallest absolute Gasteiger partial charge is 0.225 e. The minimum Gasteiger partial charge on any atom is -0.494 e. The third-order valence-corrected chi connectivity index (χ3v) is 2.88. The summed E-state index contributed by atoms with van der Waals surface area (Å²) in [7, 11) is -1.97. The van der Waals surface area contributed by atoms with Crippen molar-refractivity contribution in [3.8, 4) is 5.75 Å². The summed E-state index contributed by atoms with van der Waals surface area (Å²) in [5.74, 6) is -0.924. The van der Waals surface area contributed by atoms with Crippen LogP contribution >= 0.6 is 0 Å². The predicted octanol–water partition coefficient (Wildman–Crippen LogP) is 0.712. The van der Waals surface area contributed by atoms with Crippen LogP contribution in [-0.4, -0.2) is 34.2 Å². The van der Waals surface area contributed by atoms with Crippen molar-refractivity contribution in [1.29, 1.82) is 0 Å². The molecule has 0 heterocycles. The molecule has 0 saturated carbocycles. The van der Waals surface area contributed by atoms with Gasteiger partial charge in [0.05, 0.1) is 13.4 Å². The Morgan fingerprint density at radius 2 is 2.11 bits per heavy atom. The molecule has 1 aromatic carbocycles. The minimum atomic E-state index is -3.31. The molecule has 1 rings (SSSR count). The first-order valence-corrected chi connectivity index (χ1v) is 7.29. The quantitative estimate of drug-likeness (QED) is 0.808. The number of hydrogen-bond donors (Lipinski definition) is 2. The number of hydrogen-bond acceptors (Lipinski definition) is 4. The van der Waals surface area contributed by atoms with E-state index in [1.807, 2.05) is 0 Å². The van der Waals surface area contributed by atoms with Crippen molar-refractivity contribution in [3.05, 3.63) is 24.0 Å². The Balaban J connectivity index is 2.51. The summed E-state index contributed by atoms with van der Waals surface area (Å²) in [5.41, 5.74) is 0.280. The van der Waals surface area contributed by atoms with Gasteiger partial charge in [-0.25, -0.2) is 17.5 Å². The average Bonchev–Trinajstić information content (AvgIpc) is 2.27. The van der Waals surface area contributed by atoms with Gasteiger partial charge in [-0.3, -0.25) is 4.79 Å². The van der Waals surface area contributed by atoms with Crippen molar-refractivity contribution in [2.24, 2.45) is 0 Å². The average molecular weight is 290 g/mol. The Morgan fingerprint density at radius 1 is 1.42 bits per heavy atom. The SMILES string of the molecule is COc1ccc(NC(=O)CCNS(C)(=O)=O)cc1F. The summed E-state index contributed by atoms with van der Waals surface area (Å²) >= 11 is 0. The van der Waals surface area contributed by atoms with E-state index in [-0.39, 0.29) is 24.4 Å². The van der Waals surface area contributed by atoms with Crippen LogP contribution in [0.4, 0.5) is 10.1 Å². The van der Waals surface area contributed by atoms with Crippen LogP contribution in [0.3, 0.4) is 0 Å². The molecule has 0 aliphatic rings. The van der Waals surface area contributed by atoms with E-state index in [1.165, 1.54) is 19.2 Å². The standard InChI is InChI=1S/C11H15FN2O4S/c1-18-10-4-3-8(7-9(10)12)14-11(15)5-6-13-19(2,16)17/h3-4,7,13H,5-6H2,1-2H3,(H,14,15). The molecule has 19 heavy (non-hydrogen) atoms. The van der Waals surface area contributed by atoms with Gasteiger partial charge in [-0.15, -0.1) is 0 Å². The number of amides is 1. The molecule has 106 valence electrons. The molecule has 0 radical (unpaired) electrons. The third-order valence-electron chi connectivity index (χ3n) is 2.15. The zero-order valence-electron chi connectivity index (χ0n) is 10.6. The van der Waals surface area contributed by atoms with Crippen LogP contribution in [-0.2, 0) is 14.8 Å². The summed E-state index contributed by atoms with van der Waals surface area (Å²) in [6, 6.07) is 4.00. The van der Waals surface area contributed by atoms with E-state index in [9.17, 15) is 17.6 Å². The summed E-state index contributed by atoms with van der Waals surface area (Å²) in [6.45, 7) is -0.0106. The molecule has 0 bridgehead atoms. The molecule has 6 nitrogen and oxygen atoms in total. The fraction of sp³-hybridized carbons (Fsp3) is 0.364. The summed E-state index contributed by atoms with van der Waals surface area (Å²) in [4.78, 5) is 11.5. The number of ether oxygens (including phenoxy) is 1. The largest absolute Gasteiger partial charge is 0.494 e. The van der Waals surface area contributed by atoms with Gasteiger partial charge in [-0.05, 0) is 12.1 Å². The molecule has 0 atom stereocenters. The lowest BCUT2D eigenvalue weighted by Gasteiger charge is -2.07. The highest BCUT2D eigenvalue weighted by Crippen LogP contribution is 2.20. The van der Waals surface area contributed by atoms with Gasteiger partial charge in [0, 0.05) is 24.7 Å².